The minimum absolute atomic E-state index is 0.0460. The van der Waals surface area contributed by atoms with E-state index in [2.05, 4.69) is 5.32 Å². The number of nitrogens with zero attached hydrogens (tertiary/aromatic N) is 2. The van der Waals surface area contributed by atoms with Crippen molar-refractivity contribution in [2.75, 3.05) is 13.6 Å². The Balaban J connectivity index is 2.31. The fourth-order valence-electron chi connectivity index (χ4n) is 2.70. The largest absolute Gasteiger partial charge is 0.444 e. The molecule has 2 saturated heterocycles. The summed E-state index contributed by atoms with van der Waals surface area (Å²) in [4.78, 5) is 50.1. The van der Waals surface area contributed by atoms with Gasteiger partial charge in [-0.2, -0.15) is 0 Å². The number of nitrogens with one attached hydrogen (secondary N) is 1. The molecule has 0 bridgehead atoms. The Labute approximate surface area is 127 Å². The number of carbonyl (C=O) groups is 4. The molecular formula is C13H20N4O5. The molecule has 2 fully saturated rings. The van der Waals surface area contributed by atoms with Gasteiger partial charge in [0.25, 0.3) is 5.91 Å². The molecule has 0 saturated carbocycles. The normalized spacial score (nSPS) is 28.3. The number of imide groups is 1. The first-order chi connectivity index (χ1) is 9.98. The summed E-state index contributed by atoms with van der Waals surface area (Å²) in [6.45, 7) is 4.93. The standard InChI is InChI=1S/C13H20N4O5/c1-12(2,3)22-11(21)17-6-13(5-7(17)8(14)18)9(19)15-10(20)16(13)4/h7H,5-6H2,1-4H3,(H2,14,18)(H,15,19,20)/t7-,13?/m0/s1. The number of carbonyl (C=O) groups excluding carboxylic acids is 4. The van der Waals surface area contributed by atoms with Crippen LogP contribution in [0, 0.1) is 0 Å². The second kappa shape index (κ2) is 4.85. The predicted molar refractivity (Wildman–Crippen MR) is 74.6 cm³/mol. The quantitative estimate of drug-likeness (QED) is 0.626. The van der Waals surface area contributed by atoms with Crippen molar-refractivity contribution in [2.45, 2.75) is 44.4 Å². The minimum atomic E-state index is -1.28. The third-order valence-corrected chi connectivity index (χ3v) is 3.89. The van der Waals surface area contributed by atoms with Crippen LogP contribution in [0.25, 0.3) is 0 Å². The monoisotopic (exact) mass is 312 g/mol. The first kappa shape index (κ1) is 16.1. The van der Waals surface area contributed by atoms with Crippen molar-refractivity contribution >= 4 is 23.9 Å². The van der Waals surface area contributed by atoms with Crippen molar-refractivity contribution in [1.29, 1.82) is 0 Å². The number of rotatable bonds is 1. The number of hydrogen-bond acceptors (Lipinski definition) is 5. The average Bonchev–Trinajstić information content (AvgIpc) is 2.85. The molecular weight excluding hydrogens is 292 g/mol. The van der Waals surface area contributed by atoms with E-state index in [-0.39, 0.29) is 13.0 Å². The van der Waals surface area contributed by atoms with Crippen molar-refractivity contribution in [1.82, 2.24) is 15.1 Å². The Morgan fingerprint density at radius 2 is 1.95 bits per heavy atom. The molecule has 2 atom stereocenters. The molecule has 1 unspecified atom stereocenters. The summed E-state index contributed by atoms with van der Waals surface area (Å²) in [6, 6.07) is -1.58. The fraction of sp³-hybridized carbons (Fsp3) is 0.692. The van der Waals surface area contributed by atoms with E-state index >= 15 is 0 Å². The van der Waals surface area contributed by atoms with Gasteiger partial charge in [-0.1, -0.05) is 0 Å². The van der Waals surface area contributed by atoms with Gasteiger partial charge >= 0.3 is 12.1 Å². The van der Waals surface area contributed by atoms with E-state index in [1.54, 1.807) is 20.8 Å². The molecule has 2 rings (SSSR count). The van der Waals surface area contributed by atoms with Gasteiger partial charge in [0.05, 0.1) is 6.54 Å². The van der Waals surface area contributed by atoms with Crippen LogP contribution in [0.3, 0.4) is 0 Å². The average molecular weight is 312 g/mol. The SMILES string of the molecule is CN1C(=O)NC(=O)C12C[C@@H](C(N)=O)N(C(=O)OC(C)(C)C)C2. The summed E-state index contributed by atoms with van der Waals surface area (Å²) in [7, 11) is 1.44. The lowest BCUT2D eigenvalue weighted by Gasteiger charge is -2.29. The summed E-state index contributed by atoms with van der Waals surface area (Å²) < 4.78 is 5.25. The van der Waals surface area contributed by atoms with Gasteiger partial charge in [-0.25, -0.2) is 9.59 Å². The number of likely N-dealkylation sites (N-methyl/N-ethyl adjacent to an activating group) is 1. The topological polar surface area (TPSA) is 122 Å². The van der Waals surface area contributed by atoms with Gasteiger partial charge < -0.3 is 15.4 Å². The van der Waals surface area contributed by atoms with E-state index in [1.165, 1.54) is 11.9 Å². The molecule has 9 nitrogen and oxygen atoms in total. The Kier molecular flexibility index (Phi) is 3.54. The summed E-state index contributed by atoms with van der Waals surface area (Å²) in [6.07, 6.45) is -0.788. The maximum Gasteiger partial charge on any atom is 0.411 e. The molecule has 22 heavy (non-hydrogen) atoms. The number of nitrogens with two attached hydrogens (primary N) is 1. The molecule has 5 amide bonds. The zero-order valence-electron chi connectivity index (χ0n) is 13.0. The molecule has 1 spiro atoms. The van der Waals surface area contributed by atoms with Crippen LogP contribution < -0.4 is 11.1 Å². The molecule has 0 aromatic rings. The lowest BCUT2D eigenvalue weighted by atomic mass is 9.94. The highest BCUT2D eigenvalue weighted by Crippen LogP contribution is 2.35. The van der Waals surface area contributed by atoms with Crippen molar-refractivity contribution in [3.05, 3.63) is 0 Å². The van der Waals surface area contributed by atoms with Crippen LogP contribution in [0.15, 0.2) is 0 Å². The first-order valence-electron chi connectivity index (χ1n) is 6.86. The van der Waals surface area contributed by atoms with E-state index < -0.39 is 41.1 Å². The van der Waals surface area contributed by atoms with E-state index in [1.807, 2.05) is 0 Å². The van der Waals surface area contributed by atoms with E-state index in [4.69, 9.17) is 10.5 Å². The zero-order chi connectivity index (χ0) is 16.9. The van der Waals surface area contributed by atoms with Gasteiger partial charge in [-0.05, 0) is 20.8 Å². The molecule has 2 heterocycles. The Bertz CT molecular complexity index is 555. The number of hydrogen-bond donors (Lipinski definition) is 2. The van der Waals surface area contributed by atoms with Gasteiger partial charge in [0.15, 0.2) is 0 Å². The van der Waals surface area contributed by atoms with Crippen LogP contribution in [-0.4, -0.2) is 64.5 Å². The van der Waals surface area contributed by atoms with Crippen LogP contribution in [-0.2, 0) is 14.3 Å². The Morgan fingerprint density at radius 1 is 1.36 bits per heavy atom. The van der Waals surface area contributed by atoms with Crippen LogP contribution >= 0.6 is 0 Å². The molecule has 0 aromatic carbocycles. The lowest BCUT2D eigenvalue weighted by Crippen LogP contribution is -2.50. The number of likely N-dealkylation sites (tertiary alicyclic amines) is 1. The molecule has 2 aliphatic heterocycles. The summed E-state index contributed by atoms with van der Waals surface area (Å²) in [5.41, 5.74) is 3.30. The van der Waals surface area contributed by atoms with Crippen molar-refractivity contribution < 1.29 is 23.9 Å². The van der Waals surface area contributed by atoms with E-state index in [0.717, 1.165) is 4.90 Å². The van der Waals surface area contributed by atoms with Gasteiger partial charge in [0.1, 0.15) is 17.2 Å². The van der Waals surface area contributed by atoms with Gasteiger partial charge in [-0.15, -0.1) is 0 Å². The fourth-order valence-corrected chi connectivity index (χ4v) is 2.70. The number of ether oxygens (including phenoxy) is 1. The number of urea groups is 1. The third kappa shape index (κ3) is 2.46. The molecule has 2 aliphatic rings. The van der Waals surface area contributed by atoms with Crippen LogP contribution in [0.5, 0.6) is 0 Å². The second-order valence-electron chi connectivity index (χ2n) is 6.58. The Morgan fingerprint density at radius 3 is 2.36 bits per heavy atom. The number of primary amides is 1. The predicted octanol–water partition coefficient (Wildman–Crippen LogP) is -0.598. The van der Waals surface area contributed by atoms with Crippen LogP contribution in [0.1, 0.15) is 27.2 Å². The maximum absolute atomic E-state index is 12.3. The number of amides is 5. The lowest BCUT2D eigenvalue weighted by molar-refractivity contribution is -0.125. The maximum atomic E-state index is 12.3. The molecule has 9 heteroatoms. The molecule has 0 radical (unpaired) electrons. The van der Waals surface area contributed by atoms with Gasteiger partial charge in [0, 0.05) is 13.5 Å². The highest BCUT2D eigenvalue weighted by molar-refractivity contribution is 6.08. The van der Waals surface area contributed by atoms with E-state index in [9.17, 15) is 19.2 Å². The second-order valence-corrected chi connectivity index (χ2v) is 6.58. The molecule has 0 aromatic heterocycles. The molecule has 3 N–H and O–H groups in total. The first-order valence-corrected chi connectivity index (χ1v) is 6.86. The van der Waals surface area contributed by atoms with Gasteiger partial charge in [-0.3, -0.25) is 19.8 Å². The summed E-state index contributed by atoms with van der Waals surface area (Å²) in [5, 5.41) is 2.18. The third-order valence-electron chi connectivity index (χ3n) is 3.89. The molecule has 0 aliphatic carbocycles. The van der Waals surface area contributed by atoms with Crippen molar-refractivity contribution in [3.63, 3.8) is 0 Å². The zero-order valence-corrected chi connectivity index (χ0v) is 13.0. The van der Waals surface area contributed by atoms with Crippen LogP contribution in [0.4, 0.5) is 9.59 Å². The summed E-state index contributed by atoms with van der Waals surface area (Å²) in [5.74, 6) is -1.29. The van der Waals surface area contributed by atoms with Crippen LogP contribution in [0.2, 0.25) is 0 Å². The van der Waals surface area contributed by atoms with Crippen molar-refractivity contribution in [2.24, 2.45) is 5.73 Å². The minimum Gasteiger partial charge on any atom is -0.444 e. The smallest absolute Gasteiger partial charge is 0.411 e. The highest BCUT2D eigenvalue weighted by Gasteiger charge is 2.60. The summed E-state index contributed by atoms with van der Waals surface area (Å²) >= 11 is 0. The Hall–Kier alpha value is -2.32. The van der Waals surface area contributed by atoms with Gasteiger partial charge in [0.2, 0.25) is 5.91 Å². The highest BCUT2D eigenvalue weighted by atomic mass is 16.6. The molecule has 122 valence electrons. The van der Waals surface area contributed by atoms with E-state index in [0.29, 0.717) is 0 Å². The van der Waals surface area contributed by atoms with Crippen molar-refractivity contribution in [3.8, 4) is 0 Å².